The van der Waals surface area contributed by atoms with Gasteiger partial charge in [0.15, 0.2) is 0 Å². The number of carboxylic acids is 1. The lowest BCUT2D eigenvalue weighted by molar-refractivity contribution is -0.136. The topological polar surface area (TPSA) is 102 Å². The van der Waals surface area contributed by atoms with Crippen molar-refractivity contribution < 1.29 is 24.5 Å². The van der Waals surface area contributed by atoms with Gasteiger partial charge in [-0.1, -0.05) is 11.3 Å². The highest BCUT2D eigenvalue weighted by Crippen LogP contribution is 2.45. The second-order valence-electron chi connectivity index (χ2n) is 10.2. The highest BCUT2D eigenvalue weighted by Gasteiger charge is 2.24. The molecule has 0 bridgehead atoms. The third-order valence-corrected chi connectivity index (χ3v) is 6.47. The zero-order chi connectivity index (χ0) is 26.2. The van der Waals surface area contributed by atoms with Crippen LogP contribution in [0.3, 0.4) is 0 Å². The third kappa shape index (κ3) is 5.60. The number of carbonyl (C=O) groups is 1. The quantitative estimate of drug-likeness (QED) is 0.344. The monoisotopic (exact) mass is 508 g/mol. The molecule has 0 unspecified atom stereocenters. The molecule has 2 aromatic heterocycles. The van der Waals surface area contributed by atoms with E-state index in [1.54, 1.807) is 20.8 Å². The summed E-state index contributed by atoms with van der Waals surface area (Å²) in [6.07, 6.45) is 2.57. The van der Waals surface area contributed by atoms with Crippen LogP contribution in [0.15, 0.2) is 30.5 Å². The number of aromatic nitrogens is 2. The van der Waals surface area contributed by atoms with Crippen molar-refractivity contribution >= 4 is 38.4 Å². The van der Waals surface area contributed by atoms with Gasteiger partial charge in [0.1, 0.15) is 5.75 Å². The van der Waals surface area contributed by atoms with Crippen molar-refractivity contribution in [1.82, 2.24) is 9.97 Å². The number of hydrogen-bond acceptors (Lipinski definition) is 7. The predicted molar refractivity (Wildman–Crippen MR) is 143 cm³/mol. The summed E-state index contributed by atoms with van der Waals surface area (Å²) in [5.74, 6) is -0.0455. The van der Waals surface area contributed by atoms with Gasteiger partial charge in [-0.25, -0.2) is 4.98 Å². The molecule has 8 heteroatoms. The summed E-state index contributed by atoms with van der Waals surface area (Å²) in [4.78, 5) is 21.1. The largest absolute Gasteiger partial charge is 0.493 e. The fourth-order valence-electron chi connectivity index (χ4n) is 4.23. The van der Waals surface area contributed by atoms with Crippen molar-refractivity contribution in [2.45, 2.75) is 66.1 Å². The Morgan fingerprint density at radius 3 is 2.64 bits per heavy atom. The van der Waals surface area contributed by atoms with E-state index in [0.717, 1.165) is 55.5 Å². The molecule has 190 valence electrons. The van der Waals surface area contributed by atoms with Crippen molar-refractivity contribution in [2.75, 3.05) is 6.61 Å². The lowest BCUT2D eigenvalue weighted by atomic mass is 9.90. The number of aryl methyl sites for hydroxylation is 1. The second kappa shape index (κ2) is 10.0. The van der Waals surface area contributed by atoms with E-state index in [1.165, 1.54) is 16.9 Å². The van der Waals surface area contributed by atoms with Crippen LogP contribution >= 0.6 is 11.3 Å². The number of rotatable bonds is 5. The number of aliphatic hydroxyl groups is 1. The second-order valence-corrected chi connectivity index (χ2v) is 11.1. The summed E-state index contributed by atoms with van der Waals surface area (Å²) in [6.45, 7) is 11.7. The average molecular weight is 509 g/mol. The summed E-state index contributed by atoms with van der Waals surface area (Å²) < 4.78 is 12.6. The molecule has 1 aliphatic rings. The molecule has 4 aromatic rings. The van der Waals surface area contributed by atoms with Gasteiger partial charge in [0.2, 0.25) is 0 Å². The first kappa shape index (κ1) is 25.9. The van der Waals surface area contributed by atoms with Gasteiger partial charge in [0, 0.05) is 29.1 Å². The Morgan fingerprint density at radius 2 is 1.97 bits per heavy atom. The van der Waals surface area contributed by atoms with Crippen LogP contribution in [0.2, 0.25) is 0 Å². The molecule has 2 N–H and O–H groups in total. The molecule has 0 saturated heterocycles. The van der Waals surface area contributed by atoms with E-state index >= 15 is 0 Å². The Bertz CT molecular complexity index is 1420. The van der Waals surface area contributed by atoms with Crippen LogP contribution in [0.25, 0.3) is 32.2 Å². The molecule has 0 aliphatic carbocycles. The fourth-order valence-corrected chi connectivity index (χ4v) is 5.34. The first-order valence-corrected chi connectivity index (χ1v) is 12.8. The molecule has 0 radical (unpaired) electrons. The summed E-state index contributed by atoms with van der Waals surface area (Å²) in [7, 11) is 0. The Hall–Kier alpha value is -3.23. The first-order chi connectivity index (χ1) is 16.9. The number of ether oxygens (including phenoxy) is 2. The Morgan fingerprint density at radius 1 is 1.25 bits per heavy atom. The van der Waals surface area contributed by atoms with E-state index < -0.39 is 11.6 Å². The minimum atomic E-state index is -0.870. The minimum absolute atomic E-state index is 0.00273. The van der Waals surface area contributed by atoms with E-state index in [-0.39, 0.29) is 12.5 Å². The van der Waals surface area contributed by atoms with Crippen LogP contribution in [-0.2, 0) is 17.6 Å². The highest BCUT2D eigenvalue weighted by atomic mass is 32.1. The van der Waals surface area contributed by atoms with Crippen molar-refractivity contribution in [2.24, 2.45) is 0 Å². The molecular formula is C28H32N2O5S. The van der Waals surface area contributed by atoms with E-state index in [9.17, 15) is 9.90 Å². The maximum absolute atomic E-state index is 11.7. The first-order valence-electron chi connectivity index (χ1n) is 12.0. The fraction of sp³-hybridized carbons (Fsp3) is 0.393. The smallest absolute Gasteiger partial charge is 0.307 e. The van der Waals surface area contributed by atoms with Crippen molar-refractivity contribution in [3.05, 3.63) is 47.2 Å². The molecule has 2 aromatic carbocycles. The minimum Gasteiger partial charge on any atom is -0.493 e. The molecule has 5 rings (SSSR count). The van der Waals surface area contributed by atoms with Gasteiger partial charge in [-0.05, 0) is 82.5 Å². The number of aliphatic carboxylic acids is 1. The zero-order valence-electron chi connectivity index (χ0n) is 21.5. The highest BCUT2D eigenvalue weighted by molar-refractivity contribution is 7.20. The maximum Gasteiger partial charge on any atom is 0.307 e. The Labute approximate surface area is 214 Å². The SMILES string of the molecule is CC(C)(C)O.Cc1cc2nc(OC(C)C)sc2c(-c2ccc3c4c(ccnc24)CCO3)c1CC(=O)O. The normalized spacial score (nSPS) is 12.9. The van der Waals surface area contributed by atoms with Gasteiger partial charge in [-0.2, -0.15) is 0 Å². The third-order valence-electron chi connectivity index (χ3n) is 5.49. The van der Waals surface area contributed by atoms with Crippen LogP contribution in [0.1, 0.15) is 51.3 Å². The number of carboxylic acid groups (broad SMARTS) is 1. The molecule has 36 heavy (non-hydrogen) atoms. The van der Waals surface area contributed by atoms with Gasteiger partial charge in [0.05, 0.1) is 40.5 Å². The number of hydrogen-bond donors (Lipinski definition) is 2. The van der Waals surface area contributed by atoms with Crippen LogP contribution in [0.5, 0.6) is 10.9 Å². The molecule has 0 fully saturated rings. The van der Waals surface area contributed by atoms with E-state index in [1.807, 2.05) is 51.2 Å². The average Bonchev–Trinajstić information content (AvgIpc) is 3.15. The van der Waals surface area contributed by atoms with Crippen molar-refractivity contribution in [1.29, 1.82) is 0 Å². The summed E-state index contributed by atoms with van der Waals surface area (Å²) in [5, 5.41) is 19.7. The van der Waals surface area contributed by atoms with Crippen molar-refractivity contribution in [3.8, 4) is 22.1 Å². The van der Waals surface area contributed by atoms with Gasteiger partial charge in [-0.3, -0.25) is 9.78 Å². The Kier molecular flexibility index (Phi) is 7.20. The van der Waals surface area contributed by atoms with E-state index in [4.69, 9.17) is 19.6 Å². The summed E-state index contributed by atoms with van der Waals surface area (Å²) in [6, 6.07) is 7.93. The molecular weight excluding hydrogens is 476 g/mol. The number of pyridine rings is 1. The lowest BCUT2D eigenvalue weighted by Gasteiger charge is -2.20. The standard InChI is InChI=1S/C24H22N2O4S.C4H10O/c1-12(2)30-24-26-17-10-13(3)16(11-19(27)28)21(23(17)31-24)15-4-5-18-20-14(7-9-29-18)6-8-25-22(15)20;1-4(2,3)5/h4-6,8,10,12H,7,9,11H2,1-3H3,(H,27,28);5H,1-3H3. The molecule has 0 saturated carbocycles. The summed E-state index contributed by atoms with van der Waals surface area (Å²) >= 11 is 1.45. The van der Waals surface area contributed by atoms with Crippen LogP contribution in [-0.4, -0.2) is 44.5 Å². The van der Waals surface area contributed by atoms with Crippen molar-refractivity contribution in [3.63, 3.8) is 0 Å². The maximum atomic E-state index is 11.7. The molecule has 0 spiro atoms. The Balaban J connectivity index is 0.000000556. The van der Waals surface area contributed by atoms with E-state index in [0.29, 0.717) is 11.8 Å². The number of nitrogens with zero attached hydrogens (tertiary/aromatic N) is 2. The molecule has 1 aliphatic heterocycles. The van der Waals surface area contributed by atoms with Crippen LogP contribution in [0.4, 0.5) is 0 Å². The lowest BCUT2D eigenvalue weighted by Crippen LogP contribution is -2.10. The number of benzene rings is 2. The van der Waals surface area contributed by atoms with Gasteiger partial charge in [-0.15, -0.1) is 0 Å². The van der Waals surface area contributed by atoms with Crippen LogP contribution in [0, 0.1) is 6.92 Å². The van der Waals surface area contributed by atoms with Gasteiger partial charge in [0.25, 0.3) is 5.19 Å². The molecule has 3 heterocycles. The molecule has 0 atom stereocenters. The number of thiazole rings is 1. The zero-order valence-corrected chi connectivity index (χ0v) is 22.3. The summed E-state index contributed by atoms with van der Waals surface area (Å²) in [5.41, 5.74) is 5.77. The van der Waals surface area contributed by atoms with E-state index in [2.05, 4.69) is 4.98 Å². The predicted octanol–water partition coefficient (Wildman–Crippen LogP) is 5.95. The number of fused-ring (bicyclic) bond motifs is 1. The van der Waals surface area contributed by atoms with Gasteiger partial charge < -0.3 is 19.7 Å². The van der Waals surface area contributed by atoms with Gasteiger partial charge >= 0.3 is 5.97 Å². The molecule has 7 nitrogen and oxygen atoms in total. The van der Waals surface area contributed by atoms with Crippen LogP contribution < -0.4 is 9.47 Å². The molecule has 0 amide bonds.